The first kappa shape index (κ1) is 19.0. The smallest absolute Gasteiger partial charge is 0.00672 e. The summed E-state index contributed by atoms with van der Waals surface area (Å²) in [6, 6.07) is 0.810. The lowest BCUT2D eigenvalue weighted by atomic mass is 9.69. The molecule has 0 radical (unpaired) electrons. The fraction of sp³-hybridized carbons (Fsp3) is 1.00. The third kappa shape index (κ3) is 7.68. The standard InChI is InChI=1S/C20H41N/c1-6-20(4,5)18-12-14-19(15-13-18)21-16-10-8-7-9-11-17(2)3/h17-19,21H,6-16H2,1-5H3. The minimum Gasteiger partial charge on any atom is -0.314 e. The molecule has 1 aliphatic rings. The Kier molecular flexibility index (Phi) is 8.94. The average molecular weight is 296 g/mol. The Labute approximate surface area is 134 Å². The van der Waals surface area contributed by atoms with Gasteiger partial charge in [-0.25, -0.2) is 0 Å². The predicted octanol–water partition coefficient (Wildman–Crippen LogP) is 6.18. The van der Waals surface area contributed by atoms with E-state index in [1.165, 1.54) is 70.8 Å². The van der Waals surface area contributed by atoms with Crippen molar-refractivity contribution in [3.63, 3.8) is 0 Å². The van der Waals surface area contributed by atoms with Crippen molar-refractivity contribution in [2.24, 2.45) is 17.3 Å². The molecule has 1 rings (SSSR count). The minimum absolute atomic E-state index is 0.557. The lowest BCUT2D eigenvalue weighted by Gasteiger charge is -2.39. The van der Waals surface area contributed by atoms with Crippen LogP contribution in [0, 0.1) is 17.3 Å². The zero-order valence-electron chi connectivity index (χ0n) is 15.5. The molecular weight excluding hydrogens is 254 g/mol. The van der Waals surface area contributed by atoms with Gasteiger partial charge in [-0.05, 0) is 55.9 Å². The molecule has 0 aliphatic heterocycles. The van der Waals surface area contributed by atoms with E-state index in [0.717, 1.165) is 17.9 Å². The summed E-state index contributed by atoms with van der Waals surface area (Å²) >= 11 is 0. The van der Waals surface area contributed by atoms with Crippen LogP contribution in [-0.4, -0.2) is 12.6 Å². The zero-order valence-corrected chi connectivity index (χ0v) is 15.5. The maximum Gasteiger partial charge on any atom is 0.00672 e. The van der Waals surface area contributed by atoms with Gasteiger partial charge in [0.1, 0.15) is 0 Å². The van der Waals surface area contributed by atoms with E-state index in [1.807, 2.05) is 0 Å². The van der Waals surface area contributed by atoms with E-state index in [2.05, 4.69) is 39.9 Å². The van der Waals surface area contributed by atoms with Crippen molar-refractivity contribution in [3.8, 4) is 0 Å². The summed E-state index contributed by atoms with van der Waals surface area (Å²) in [6.07, 6.45) is 14.1. The van der Waals surface area contributed by atoms with Crippen molar-refractivity contribution in [1.29, 1.82) is 0 Å². The summed E-state index contributed by atoms with van der Waals surface area (Å²) in [4.78, 5) is 0. The Morgan fingerprint density at radius 3 is 2.14 bits per heavy atom. The van der Waals surface area contributed by atoms with Crippen molar-refractivity contribution in [2.75, 3.05) is 6.54 Å². The van der Waals surface area contributed by atoms with E-state index in [9.17, 15) is 0 Å². The summed E-state index contributed by atoms with van der Waals surface area (Å²) in [6.45, 7) is 13.2. The second-order valence-electron chi connectivity index (χ2n) is 8.44. The molecule has 0 atom stereocenters. The number of unbranched alkanes of at least 4 members (excludes halogenated alkanes) is 3. The van der Waals surface area contributed by atoms with Crippen molar-refractivity contribution < 1.29 is 0 Å². The van der Waals surface area contributed by atoms with Gasteiger partial charge in [-0.15, -0.1) is 0 Å². The summed E-state index contributed by atoms with van der Waals surface area (Å²) < 4.78 is 0. The highest BCUT2D eigenvalue weighted by Crippen LogP contribution is 2.40. The first-order chi connectivity index (χ1) is 9.95. The van der Waals surface area contributed by atoms with Crippen molar-refractivity contribution in [2.45, 2.75) is 105 Å². The SMILES string of the molecule is CCC(C)(C)C1CCC(NCCCCCCC(C)C)CC1. The second-order valence-corrected chi connectivity index (χ2v) is 8.44. The van der Waals surface area contributed by atoms with E-state index in [1.54, 1.807) is 0 Å². The molecule has 0 aromatic carbocycles. The predicted molar refractivity (Wildman–Crippen MR) is 95.7 cm³/mol. The molecule has 0 bridgehead atoms. The van der Waals surface area contributed by atoms with Gasteiger partial charge in [0.25, 0.3) is 0 Å². The van der Waals surface area contributed by atoms with E-state index in [0.29, 0.717) is 5.41 Å². The van der Waals surface area contributed by atoms with Crippen LogP contribution in [0.3, 0.4) is 0 Å². The monoisotopic (exact) mass is 295 g/mol. The second kappa shape index (κ2) is 9.87. The number of hydrogen-bond donors (Lipinski definition) is 1. The van der Waals surface area contributed by atoms with Gasteiger partial charge < -0.3 is 5.32 Å². The van der Waals surface area contributed by atoms with Crippen molar-refractivity contribution >= 4 is 0 Å². The fourth-order valence-electron chi connectivity index (χ4n) is 3.71. The molecular formula is C20H41N. The Bertz CT molecular complexity index is 249. The zero-order chi connectivity index (χ0) is 15.7. The minimum atomic E-state index is 0.557. The van der Waals surface area contributed by atoms with Crippen LogP contribution < -0.4 is 5.32 Å². The topological polar surface area (TPSA) is 12.0 Å². The van der Waals surface area contributed by atoms with Crippen LogP contribution in [0.25, 0.3) is 0 Å². The van der Waals surface area contributed by atoms with Gasteiger partial charge in [-0.1, -0.05) is 66.7 Å². The molecule has 21 heavy (non-hydrogen) atoms. The number of rotatable bonds is 10. The van der Waals surface area contributed by atoms with Crippen molar-refractivity contribution in [3.05, 3.63) is 0 Å². The average Bonchev–Trinajstić information content (AvgIpc) is 2.46. The molecule has 0 saturated heterocycles. The van der Waals surface area contributed by atoms with Gasteiger partial charge in [-0.3, -0.25) is 0 Å². The van der Waals surface area contributed by atoms with Gasteiger partial charge in [0.2, 0.25) is 0 Å². The van der Waals surface area contributed by atoms with Crippen LogP contribution in [-0.2, 0) is 0 Å². The summed E-state index contributed by atoms with van der Waals surface area (Å²) in [5, 5.41) is 3.81. The first-order valence-electron chi connectivity index (χ1n) is 9.69. The molecule has 0 aromatic heterocycles. The van der Waals surface area contributed by atoms with Crippen LogP contribution in [0.4, 0.5) is 0 Å². The maximum absolute atomic E-state index is 3.81. The Morgan fingerprint density at radius 2 is 1.57 bits per heavy atom. The molecule has 1 N–H and O–H groups in total. The lowest BCUT2D eigenvalue weighted by Crippen LogP contribution is -2.37. The lowest BCUT2D eigenvalue weighted by molar-refractivity contribution is 0.137. The van der Waals surface area contributed by atoms with E-state index in [4.69, 9.17) is 0 Å². The molecule has 1 fully saturated rings. The fourth-order valence-corrected chi connectivity index (χ4v) is 3.71. The third-order valence-corrected chi connectivity index (χ3v) is 5.88. The Hall–Kier alpha value is -0.0400. The van der Waals surface area contributed by atoms with E-state index >= 15 is 0 Å². The van der Waals surface area contributed by atoms with Gasteiger partial charge in [-0.2, -0.15) is 0 Å². The van der Waals surface area contributed by atoms with Crippen LogP contribution in [0.5, 0.6) is 0 Å². The number of hydrogen-bond acceptors (Lipinski definition) is 1. The van der Waals surface area contributed by atoms with Crippen LogP contribution in [0.2, 0.25) is 0 Å². The molecule has 126 valence electrons. The molecule has 0 amide bonds. The van der Waals surface area contributed by atoms with Crippen LogP contribution in [0.1, 0.15) is 98.8 Å². The van der Waals surface area contributed by atoms with Crippen LogP contribution >= 0.6 is 0 Å². The highest BCUT2D eigenvalue weighted by molar-refractivity contribution is 4.84. The number of nitrogens with one attached hydrogen (secondary N) is 1. The largest absolute Gasteiger partial charge is 0.314 e. The highest BCUT2D eigenvalue weighted by Gasteiger charge is 2.31. The summed E-state index contributed by atoms with van der Waals surface area (Å²) in [5.74, 6) is 1.84. The molecule has 0 aromatic rings. The molecule has 0 heterocycles. The van der Waals surface area contributed by atoms with Gasteiger partial charge in [0, 0.05) is 6.04 Å². The molecule has 0 spiro atoms. The Balaban J connectivity index is 2.01. The van der Waals surface area contributed by atoms with E-state index in [-0.39, 0.29) is 0 Å². The summed E-state index contributed by atoms with van der Waals surface area (Å²) in [5.41, 5.74) is 0.557. The maximum atomic E-state index is 3.81. The Morgan fingerprint density at radius 1 is 0.952 bits per heavy atom. The van der Waals surface area contributed by atoms with Gasteiger partial charge in [0.05, 0.1) is 0 Å². The summed E-state index contributed by atoms with van der Waals surface area (Å²) in [7, 11) is 0. The molecule has 0 unspecified atom stereocenters. The van der Waals surface area contributed by atoms with Gasteiger partial charge in [0.15, 0.2) is 0 Å². The molecule has 1 saturated carbocycles. The van der Waals surface area contributed by atoms with Gasteiger partial charge >= 0.3 is 0 Å². The normalized spacial score (nSPS) is 23.7. The van der Waals surface area contributed by atoms with E-state index < -0.39 is 0 Å². The molecule has 1 heteroatoms. The van der Waals surface area contributed by atoms with Crippen molar-refractivity contribution in [1.82, 2.24) is 5.32 Å². The highest BCUT2D eigenvalue weighted by atomic mass is 14.9. The van der Waals surface area contributed by atoms with Crippen LogP contribution in [0.15, 0.2) is 0 Å². The molecule has 1 nitrogen and oxygen atoms in total. The quantitative estimate of drug-likeness (QED) is 0.475. The third-order valence-electron chi connectivity index (χ3n) is 5.88. The first-order valence-corrected chi connectivity index (χ1v) is 9.69. The molecule has 1 aliphatic carbocycles.